The van der Waals surface area contributed by atoms with Crippen molar-refractivity contribution in [3.8, 4) is 0 Å². The van der Waals surface area contributed by atoms with Crippen molar-refractivity contribution in [2.75, 3.05) is 13.2 Å². The van der Waals surface area contributed by atoms with Crippen LogP contribution >= 0.6 is 0 Å². The Balaban J connectivity index is -0.000000102. The van der Waals surface area contributed by atoms with Crippen LogP contribution in [0, 0.1) is 0 Å². The van der Waals surface area contributed by atoms with E-state index in [1.807, 2.05) is 13.8 Å². The third-order valence-electron chi connectivity index (χ3n) is 1.10. The summed E-state index contributed by atoms with van der Waals surface area (Å²) in [5.41, 5.74) is 0. The highest BCUT2D eigenvalue weighted by molar-refractivity contribution is 5.53. The molecule has 0 aliphatic heterocycles. The van der Waals surface area contributed by atoms with Crippen molar-refractivity contribution in [3.05, 3.63) is 0 Å². The van der Waals surface area contributed by atoms with Gasteiger partial charge in [-0.2, -0.15) is 0 Å². The summed E-state index contributed by atoms with van der Waals surface area (Å²) in [5.74, 6) is 0. The molecule has 2 unspecified atom stereocenters. The van der Waals surface area contributed by atoms with Gasteiger partial charge in [-0.05, 0) is 27.7 Å². The van der Waals surface area contributed by atoms with Crippen LogP contribution in [0.2, 0.25) is 0 Å². The zero-order chi connectivity index (χ0) is 18.6. The number of carboxylic acid groups (broad SMARTS) is 4. The molecule has 12 heteroatoms. The number of ether oxygens (including phenoxy) is 2. The first kappa shape index (κ1) is 28.5. The van der Waals surface area contributed by atoms with Crippen LogP contribution in [0.4, 0.5) is 9.59 Å². The molecule has 22 heavy (non-hydrogen) atoms. The predicted molar refractivity (Wildman–Crippen MR) is 70.9 cm³/mol. The summed E-state index contributed by atoms with van der Waals surface area (Å²) in [6.45, 7) is 8.00. The maximum atomic E-state index is 8.56. The summed E-state index contributed by atoms with van der Waals surface area (Å²) >= 11 is 0. The van der Waals surface area contributed by atoms with Gasteiger partial charge < -0.3 is 29.9 Å². The van der Waals surface area contributed by atoms with Gasteiger partial charge in [0, 0.05) is 13.2 Å². The first-order chi connectivity index (χ1) is 10.1. The second-order valence-corrected chi connectivity index (χ2v) is 2.82. The number of hydrogen-bond donors (Lipinski definition) is 6. The van der Waals surface area contributed by atoms with Crippen molar-refractivity contribution in [2.24, 2.45) is 0 Å². The molecule has 6 N–H and O–H groups in total. The third kappa shape index (κ3) is 79.5. The van der Waals surface area contributed by atoms with E-state index >= 15 is 0 Å². The zero-order valence-corrected chi connectivity index (χ0v) is 12.7. The van der Waals surface area contributed by atoms with Crippen molar-refractivity contribution < 1.29 is 59.8 Å². The van der Waals surface area contributed by atoms with Gasteiger partial charge >= 0.3 is 12.3 Å². The molecule has 0 aliphatic carbocycles. The molecular formula is C10H24O12. The van der Waals surface area contributed by atoms with Gasteiger partial charge in [0.05, 0.1) is 0 Å². The maximum absolute atomic E-state index is 8.56. The van der Waals surface area contributed by atoms with Crippen molar-refractivity contribution in [1.82, 2.24) is 0 Å². The van der Waals surface area contributed by atoms with E-state index in [4.69, 9.17) is 50.0 Å². The monoisotopic (exact) mass is 336 g/mol. The van der Waals surface area contributed by atoms with Crippen LogP contribution in [-0.2, 0) is 19.2 Å². The first-order valence-electron chi connectivity index (χ1n) is 5.76. The van der Waals surface area contributed by atoms with Crippen LogP contribution in [0.3, 0.4) is 0 Å². The first-order valence-corrected chi connectivity index (χ1v) is 5.76. The largest absolute Gasteiger partial charge is 0.503 e. The average Bonchev–Trinajstić information content (AvgIpc) is 2.38. The molecule has 0 saturated heterocycles. The third-order valence-corrected chi connectivity index (χ3v) is 1.10. The van der Waals surface area contributed by atoms with Gasteiger partial charge in [0.25, 0.3) is 0 Å². The van der Waals surface area contributed by atoms with Gasteiger partial charge in [-0.15, -0.1) is 0 Å². The molecule has 2 atom stereocenters. The highest BCUT2D eigenvalue weighted by Gasteiger charge is 1.94. The van der Waals surface area contributed by atoms with Crippen molar-refractivity contribution in [2.45, 2.75) is 40.3 Å². The van der Waals surface area contributed by atoms with Gasteiger partial charge in [-0.1, -0.05) is 0 Å². The number of hydrogen-bond acceptors (Lipinski definition) is 8. The van der Waals surface area contributed by atoms with Crippen LogP contribution in [0.5, 0.6) is 0 Å². The minimum absolute atomic E-state index is 0.495. The van der Waals surface area contributed by atoms with E-state index in [1.165, 1.54) is 0 Å². The molecule has 0 radical (unpaired) electrons. The van der Waals surface area contributed by atoms with Gasteiger partial charge in [0.1, 0.15) is 0 Å². The normalized spacial score (nSPS) is 11.2. The highest BCUT2D eigenvalue weighted by atomic mass is 17.1. The SMILES string of the molecule is CCOC(C)OO.CCOC(C)OO.O=C(O)O.O=C(O)O. The molecular weight excluding hydrogens is 312 g/mol. The number of rotatable bonds is 6. The van der Waals surface area contributed by atoms with Gasteiger partial charge in [-0.3, -0.25) is 0 Å². The van der Waals surface area contributed by atoms with E-state index in [0.717, 1.165) is 0 Å². The van der Waals surface area contributed by atoms with Crippen LogP contribution < -0.4 is 0 Å². The molecule has 0 aromatic heterocycles. The van der Waals surface area contributed by atoms with Crippen molar-refractivity contribution in [1.29, 1.82) is 0 Å². The summed E-state index contributed by atoms with van der Waals surface area (Å²) in [5, 5.41) is 43.6. The average molecular weight is 336 g/mol. The van der Waals surface area contributed by atoms with E-state index in [1.54, 1.807) is 13.8 Å². The Bertz CT molecular complexity index is 202. The Morgan fingerprint density at radius 3 is 1.00 bits per heavy atom. The molecule has 0 spiro atoms. The minimum atomic E-state index is -1.83. The molecule has 0 aromatic rings. The van der Waals surface area contributed by atoms with Gasteiger partial charge in [-0.25, -0.2) is 29.9 Å². The second kappa shape index (κ2) is 24.3. The van der Waals surface area contributed by atoms with Gasteiger partial charge in [0.2, 0.25) is 0 Å². The standard InChI is InChI=1S/2C4H10O3.2CH2O3/c2*1-3-6-4(2)7-5;2*2-1(3)4/h2*4-5H,3H2,1-2H3;2*(H2,2,3,4). The Kier molecular flexibility index (Phi) is 31.5. The molecule has 0 aromatic carbocycles. The summed E-state index contributed by atoms with van der Waals surface area (Å²) in [7, 11) is 0. The quantitative estimate of drug-likeness (QED) is 0.235. The lowest BCUT2D eigenvalue weighted by Crippen LogP contribution is -2.09. The van der Waals surface area contributed by atoms with E-state index < -0.39 is 24.9 Å². The number of carbonyl (C=O) groups is 2. The van der Waals surface area contributed by atoms with E-state index in [2.05, 4.69) is 9.78 Å². The Morgan fingerprint density at radius 1 is 0.773 bits per heavy atom. The summed E-state index contributed by atoms with van der Waals surface area (Å²) in [4.78, 5) is 24.6. The Labute approximate surface area is 126 Å². The Hall–Kier alpha value is -1.70. The van der Waals surface area contributed by atoms with Crippen LogP contribution in [0.15, 0.2) is 0 Å². The Morgan fingerprint density at radius 2 is 0.955 bits per heavy atom. The topological polar surface area (TPSA) is 192 Å². The zero-order valence-electron chi connectivity index (χ0n) is 12.7. The van der Waals surface area contributed by atoms with E-state index in [0.29, 0.717) is 13.2 Å². The lowest BCUT2D eigenvalue weighted by Gasteiger charge is -2.04. The molecule has 0 fully saturated rings. The lowest BCUT2D eigenvalue weighted by atomic mass is 10.7. The van der Waals surface area contributed by atoms with Crippen LogP contribution in [0.1, 0.15) is 27.7 Å². The van der Waals surface area contributed by atoms with E-state index in [-0.39, 0.29) is 0 Å². The molecule has 136 valence electrons. The predicted octanol–water partition coefficient (Wildman–Crippen LogP) is 2.16. The summed E-state index contributed by atoms with van der Waals surface area (Å²) in [6.07, 6.45) is -4.66. The highest BCUT2D eigenvalue weighted by Crippen LogP contribution is 1.87. The van der Waals surface area contributed by atoms with Crippen LogP contribution in [-0.4, -0.2) is 69.0 Å². The molecule has 0 amide bonds. The molecule has 0 aliphatic rings. The molecule has 0 rings (SSSR count). The minimum Gasteiger partial charge on any atom is -0.450 e. The van der Waals surface area contributed by atoms with Crippen molar-refractivity contribution in [3.63, 3.8) is 0 Å². The van der Waals surface area contributed by atoms with Crippen LogP contribution in [0.25, 0.3) is 0 Å². The van der Waals surface area contributed by atoms with E-state index in [9.17, 15) is 0 Å². The van der Waals surface area contributed by atoms with Crippen molar-refractivity contribution >= 4 is 12.3 Å². The lowest BCUT2D eigenvalue weighted by molar-refractivity contribution is -0.338. The van der Waals surface area contributed by atoms with Gasteiger partial charge in [0.15, 0.2) is 12.6 Å². The second-order valence-electron chi connectivity index (χ2n) is 2.82. The fraction of sp³-hybridized carbons (Fsp3) is 0.800. The molecule has 0 heterocycles. The molecule has 12 nitrogen and oxygen atoms in total. The fourth-order valence-electron chi connectivity index (χ4n) is 0.530. The maximum Gasteiger partial charge on any atom is 0.503 e. The summed E-state index contributed by atoms with van der Waals surface area (Å²) < 4.78 is 9.44. The summed E-state index contributed by atoms with van der Waals surface area (Å²) in [6, 6.07) is 0. The molecule has 0 bridgehead atoms. The smallest absolute Gasteiger partial charge is 0.450 e. The fourth-order valence-corrected chi connectivity index (χ4v) is 0.530. The molecule has 0 saturated carbocycles.